The number of aliphatic hydroxyl groups is 1. The van der Waals surface area contributed by atoms with Gasteiger partial charge < -0.3 is 15.2 Å². The molecule has 1 saturated carbocycles. The lowest BCUT2D eigenvalue weighted by Crippen LogP contribution is -2.29. The monoisotopic (exact) mass is 445 g/mol. The van der Waals surface area contributed by atoms with Crippen LogP contribution in [-0.2, 0) is 9.84 Å². The number of aliphatic hydroxyl groups excluding tert-OH is 1. The van der Waals surface area contributed by atoms with Crippen LogP contribution in [0.15, 0.2) is 36.7 Å². The molecule has 3 aromatic rings. The maximum atomic E-state index is 11.3. The minimum absolute atomic E-state index is 0.0961. The number of nitrogens with zero attached hydrogens (tertiary/aromatic N) is 4. The average Bonchev–Trinajstić information content (AvgIpc) is 3.17. The Morgan fingerprint density at radius 3 is 2.81 bits per heavy atom. The Labute approximate surface area is 181 Å². The maximum Gasteiger partial charge on any atom is 0.224 e. The van der Waals surface area contributed by atoms with Gasteiger partial charge in [0.05, 0.1) is 35.6 Å². The van der Waals surface area contributed by atoms with E-state index in [1.165, 1.54) is 6.26 Å². The highest BCUT2D eigenvalue weighted by molar-refractivity contribution is 7.90. The van der Waals surface area contributed by atoms with Crippen molar-refractivity contribution in [1.29, 1.82) is 0 Å². The molecule has 0 unspecified atom stereocenters. The summed E-state index contributed by atoms with van der Waals surface area (Å²) in [5.74, 6) is 1.93. The number of nitrogens with one attached hydrogen (secondary N) is 1. The standard InChI is InChI=1S/C21H27N5O4S/c1-31(28,29)13-3-12-30-19-5-2-4-18-17(19)14-23-26(18)20-10-11-22-21(25-20)24-15-6-8-16(27)9-7-15/h2,4-5,10-11,14-16,27H,3,6-9,12-13H2,1H3,(H,22,24,25)/t15-,16-. The van der Waals surface area contributed by atoms with Gasteiger partial charge in [0.1, 0.15) is 15.6 Å². The lowest BCUT2D eigenvalue weighted by atomic mass is 9.93. The molecule has 0 atom stereocenters. The third-order valence-corrected chi connectivity index (χ3v) is 6.41. The van der Waals surface area contributed by atoms with E-state index in [0.717, 1.165) is 36.6 Å². The summed E-state index contributed by atoms with van der Waals surface area (Å²) in [5.41, 5.74) is 0.839. The Balaban J connectivity index is 1.50. The summed E-state index contributed by atoms with van der Waals surface area (Å²) in [6.45, 7) is 0.315. The van der Waals surface area contributed by atoms with Crippen LogP contribution in [0.2, 0.25) is 0 Å². The van der Waals surface area contributed by atoms with Crippen molar-refractivity contribution in [3.8, 4) is 11.6 Å². The Bertz CT molecular complexity index is 1140. The summed E-state index contributed by atoms with van der Waals surface area (Å²) in [7, 11) is -3.00. The van der Waals surface area contributed by atoms with E-state index in [2.05, 4.69) is 20.4 Å². The molecule has 9 nitrogen and oxygen atoms in total. The van der Waals surface area contributed by atoms with Crippen LogP contribution in [0, 0.1) is 0 Å². The smallest absolute Gasteiger partial charge is 0.224 e. The molecule has 10 heteroatoms. The highest BCUT2D eigenvalue weighted by Gasteiger charge is 2.20. The fourth-order valence-corrected chi connectivity index (χ4v) is 4.42. The van der Waals surface area contributed by atoms with E-state index in [-0.39, 0.29) is 17.9 Å². The molecule has 0 spiro atoms. The molecule has 0 aliphatic heterocycles. The molecule has 2 heterocycles. The van der Waals surface area contributed by atoms with Crippen LogP contribution in [-0.4, -0.2) is 64.0 Å². The van der Waals surface area contributed by atoms with Gasteiger partial charge in [-0.15, -0.1) is 0 Å². The number of benzene rings is 1. The Morgan fingerprint density at radius 1 is 1.23 bits per heavy atom. The molecule has 0 radical (unpaired) electrons. The minimum atomic E-state index is -3.00. The van der Waals surface area contributed by atoms with Crippen LogP contribution in [0.1, 0.15) is 32.1 Å². The van der Waals surface area contributed by atoms with Crippen molar-refractivity contribution in [1.82, 2.24) is 19.7 Å². The Hall–Kier alpha value is -2.72. The van der Waals surface area contributed by atoms with Crippen LogP contribution < -0.4 is 10.1 Å². The van der Waals surface area contributed by atoms with Crippen LogP contribution in [0.4, 0.5) is 5.95 Å². The zero-order valence-corrected chi connectivity index (χ0v) is 18.3. The first-order valence-electron chi connectivity index (χ1n) is 10.4. The molecule has 0 amide bonds. The largest absolute Gasteiger partial charge is 0.493 e. The number of aromatic nitrogens is 4. The molecule has 166 valence electrons. The van der Waals surface area contributed by atoms with E-state index < -0.39 is 9.84 Å². The lowest BCUT2D eigenvalue weighted by Gasteiger charge is -2.26. The lowest BCUT2D eigenvalue weighted by molar-refractivity contribution is 0.126. The number of hydrogen-bond acceptors (Lipinski definition) is 8. The average molecular weight is 446 g/mol. The van der Waals surface area contributed by atoms with Crippen molar-refractivity contribution in [2.45, 2.75) is 44.2 Å². The maximum absolute atomic E-state index is 11.3. The van der Waals surface area contributed by atoms with Crippen molar-refractivity contribution in [3.05, 3.63) is 36.7 Å². The van der Waals surface area contributed by atoms with Gasteiger partial charge >= 0.3 is 0 Å². The van der Waals surface area contributed by atoms with Gasteiger partial charge in [0.15, 0.2) is 5.82 Å². The molecule has 1 fully saturated rings. The second-order valence-electron chi connectivity index (χ2n) is 7.97. The van der Waals surface area contributed by atoms with Crippen molar-refractivity contribution in [3.63, 3.8) is 0 Å². The van der Waals surface area contributed by atoms with Gasteiger partial charge in [0, 0.05) is 24.6 Å². The Morgan fingerprint density at radius 2 is 2.03 bits per heavy atom. The molecule has 0 bridgehead atoms. The number of fused-ring (bicyclic) bond motifs is 1. The first kappa shape index (κ1) is 21.5. The van der Waals surface area contributed by atoms with E-state index in [9.17, 15) is 13.5 Å². The molecule has 0 saturated heterocycles. The number of ether oxygens (including phenoxy) is 1. The predicted molar refractivity (Wildman–Crippen MR) is 118 cm³/mol. The number of rotatable bonds is 8. The SMILES string of the molecule is CS(=O)(=O)CCCOc1cccc2c1cnn2-c1ccnc(N[C@H]2CC[C@H](O)CC2)n1. The van der Waals surface area contributed by atoms with Gasteiger partial charge in [-0.1, -0.05) is 6.07 Å². The molecule has 1 aliphatic rings. The summed E-state index contributed by atoms with van der Waals surface area (Å²) in [6, 6.07) is 7.70. The van der Waals surface area contributed by atoms with E-state index in [0.29, 0.717) is 30.5 Å². The summed E-state index contributed by atoms with van der Waals surface area (Å²) >= 11 is 0. The van der Waals surface area contributed by atoms with Crippen molar-refractivity contribution >= 4 is 26.7 Å². The fraction of sp³-hybridized carbons (Fsp3) is 0.476. The van der Waals surface area contributed by atoms with E-state index in [1.54, 1.807) is 23.1 Å². The van der Waals surface area contributed by atoms with Gasteiger partial charge in [-0.05, 0) is 44.2 Å². The van der Waals surface area contributed by atoms with Gasteiger partial charge in [0.2, 0.25) is 5.95 Å². The van der Waals surface area contributed by atoms with Gasteiger partial charge in [-0.25, -0.2) is 18.1 Å². The zero-order valence-electron chi connectivity index (χ0n) is 17.4. The highest BCUT2D eigenvalue weighted by atomic mass is 32.2. The summed E-state index contributed by atoms with van der Waals surface area (Å²) in [4.78, 5) is 8.95. The van der Waals surface area contributed by atoms with E-state index >= 15 is 0 Å². The normalized spacial score (nSPS) is 19.4. The minimum Gasteiger partial charge on any atom is -0.493 e. The molecule has 2 aromatic heterocycles. The van der Waals surface area contributed by atoms with Crippen molar-refractivity contribution in [2.24, 2.45) is 0 Å². The Kier molecular flexibility index (Phi) is 6.38. The highest BCUT2D eigenvalue weighted by Crippen LogP contribution is 2.27. The van der Waals surface area contributed by atoms with E-state index in [4.69, 9.17) is 4.74 Å². The molecule has 1 aromatic carbocycles. The first-order chi connectivity index (χ1) is 14.9. The van der Waals surface area contributed by atoms with Crippen molar-refractivity contribution in [2.75, 3.05) is 23.9 Å². The van der Waals surface area contributed by atoms with Crippen LogP contribution in [0.5, 0.6) is 5.75 Å². The number of anilines is 1. The third kappa shape index (κ3) is 5.50. The molecule has 4 rings (SSSR count). The molecular weight excluding hydrogens is 418 g/mol. The van der Waals surface area contributed by atoms with E-state index in [1.807, 2.05) is 18.2 Å². The fourth-order valence-electron chi connectivity index (χ4n) is 3.78. The summed E-state index contributed by atoms with van der Waals surface area (Å²) in [6.07, 6.45) is 8.22. The number of sulfone groups is 1. The summed E-state index contributed by atoms with van der Waals surface area (Å²) < 4.78 is 30.1. The quantitative estimate of drug-likeness (QED) is 0.507. The van der Waals surface area contributed by atoms with Gasteiger partial charge in [-0.2, -0.15) is 10.1 Å². The zero-order chi connectivity index (χ0) is 21.8. The van der Waals surface area contributed by atoms with Crippen LogP contribution >= 0.6 is 0 Å². The van der Waals surface area contributed by atoms with Crippen molar-refractivity contribution < 1.29 is 18.3 Å². The predicted octanol–water partition coefficient (Wildman–Crippen LogP) is 2.34. The van der Waals surface area contributed by atoms with Gasteiger partial charge in [-0.3, -0.25) is 0 Å². The number of hydrogen-bond donors (Lipinski definition) is 2. The third-order valence-electron chi connectivity index (χ3n) is 5.38. The molecule has 1 aliphatic carbocycles. The molecule has 2 N–H and O–H groups in total. The second-order valence-corrected chi connectivity index (χ2v) is 10.2. The first-order valence-corrected chi connectivity index (χ1v) is 12.5. The molecular formula is C21H27N5O4S. The molecule has 31 heavy (non-hydrogen) atoms. The topological polar surface area (TPSA) is 119 Å². The summed E-state index contributed by atoms with van der Waals surface area (Å²) in [5, 5.41) is 18.4. The second kappa shape index (κ2) is 9.19. The van der Waals surface area contributed by atoms with Crippen LogP contribution in [0.3, 0.4) is 0 Å². The van der Waals surface area contributed by atoms with Crippen LogP contribution in [0.25, 0.3) is 16.7 Å². The van der Waals surface area contributed by atoms with Gasteiger partial charge in [0.25, 0.3) is 0 Å².